The molecule has 0 radical (unpaired) electrons. The Kier molecular flexibility index (Phi) is 2.72. The molecule has 0 atom stereocenters. The molecule has 4 nitrogen and oxygen atoms in total. The van der Waals surface area contributed by atoms with Crippen LogP contribution in [0.5, 0.6) is 0 Å². The van der Waals surface area contributed by atoms with Crippen LogP contribution in [0.3, 0.4) is 0 Å². The third kappa shape index (κ3) is 1.69. The summed E-state index contributed by atoms with van der Waals surface area (Å²) in [7, 11) is 0. The standard InChI is InChI=1S/C12H12N2O2/c1-2-3-8-13-9-7-10-5-4-6-11(12(10)13)14(15)16/h2,4-7,9H,1,3,8H2. The highest BCUT2D eigenvalue weighted by Crippen LogP contribution is 2.26. The number of rotatable bonds is 4. The van der Waals surface area contributed by atoms with E-state index in [-0.39, 0.29) is 10.6 Å². The molecule has 82 valence electrons. The van der Waals surface area contributed by atoms with E-state index in [2.05, 4.69) is 6.58 Å². The van der Waals surface area contributed by atoms with Crippen molar-refractivity contribution in [2.75, 3.05) is 0 Å². The summed E-state index contributed by atoms with van der Waals surface area (Å²) in [6, 6.07) is 7.02. The molecule has 0 amide bonds. The highest BCUT2D eigenvalue weighted by atomic mass is 16.6. The number of nitro benzene ring substituents is 1. The second kappa shape index (κ2) is 4.18. The van der Waals surface area contributed by atoms with Gasteiger partial charge in [0.15, 0.2) is 0 Å². The summed E-state index contributed by atoms with van der Waals surface area (Å²) < 4.78 is 1.90. The minimum atomic E-state index is -0.341. The van der Waals surface area contributed by atoms with Gasteiger partial charge >= 0.3 is 0 Å². The van der Waals surface area contributed by atoms with Crippen LogP contribution in [-0.4, -0.2) is 9.49 Å². The van der Waals surface area contributed by atoms with Crippen molar-refractivity contribution >= 4 is 16.6 Å². The summed E-state index contributed by atoms with van der Waals surface area (Å²) in [6.07, 6.45) is 4.48. The van der Waals surface area contributed by atoms with Crippen molar-refractivity contribution in [2.45, 2.75) is 13.0 Å². The lowest BCUT2D eigenvalue weighted by Gasteiger charge is -2.03. The molecule has 1 aromatic carbocycles. The van der Waals surface area contributed by atoms with Crippen LogP contribution < -0.4 is 0 Å². The molecular weight excluding hydrogens is 204 g/mol. The Morgan fingerprint density at radius 1 is 1.44 bits per heavy atom. The van der Waals surface area contributed by atoms with Crippen molar-refractivity contribution in [3.05, 3.63) is 53.2 Å². The van der Waals surface area contributed by atoms with Gasteiger partial charge in [-0.25, -0.2) is 0 Å². The Labute approximate surface area is 93.0 Å². The molecule has 0 fully saturated rings. The molecule has 0 saturated heterocycles. The average molecular weight is 216 g/mol. The summed E-state index contributed by atoms with van der Waals surface area (Å²) >= 11 is 0. The van der Waals surface area contributed by atoms with Crippen LogP contribution in [-0.2, 0) is 6.54 Å². The van der Waals surface area contributed by atoms with Crippen molar-refractivity contribution in [2.24, 2.45) is 0 Å². The Morgan fingerprint density at radius 3 is 2.94 bits per heavy atom. The Hall–Kier alpha value is -2.10. The van der Waals surface area contributed by atoms with Gasteiger partial charge in [0.2, 0.25) is 0 Å². The lowest BCUT2D eigenvalue weighted by Crippen LogP contribution is -1.98. The van der Waals surface area contributed by atoms with Crippen molar-refractivity contribution in [1.29, 1.82) is 0 Å². The van der Waals surface area contributed by atoms with Crippen LogP contribution in [0.1, 0.15) is 6.42 Å². The number of non-ortho nitro benzene ring substituents is 1. The van der Waals surface area contributed by atoms with Gasteiger partial charge in [0.25, 0.3) is 5.69 Å². The van der Waals surface area contributed by atoms with Gasteiger partial charge in [-0.2, -0.15) is 0 Å². The molecule has 0 bridgehead atoms. The summed E-state index contributed by atoms with van der Waals surface area (Å²) in [6.45, 7) is 4.37. The van der Waals surface area contributed by atoms with Gasteiger partial charge in [0.1, 0.15) is 5.52 Å². The van der Waals surface area contributed by atoms with E-state index < -0.39 is 0 Å². The first-order valence-electron chi connectivity index (χ1n) is 5.07. The number of aryl methyl sites for hydroxylation is 1. The Bertz CT molecular complexity index is 543. The van der Waals surface area contributed by atoms with Gasteiger partial charge < -0.3 is 4.57 Å². The largest absolute Gasteiger partial charge is 0.342 e. The monoisotopic (exact) mass is 216 g/mol. The third-order valence-electron chi connectivity index (χ3n) is 2.54. The van der Waals surface area contributed by atoms with Gasteiger partial charge in [0, 0.05) is 24.2 Å². The van der Waals surface area contributed by atoms with E-state index in [9.17, 15) is 10.1 Å². The predicted octanol–water partition coefficient (Wildman–Crippen LogP) is 3.13. The molecule has 0 aliphatic heterocycles. The van der Waals surface area contributed by atoms with Gasteiger partial charge in [-0.05, 0) is 12.5 Å². The maximum atomic E-state index is 10.9. The van der Waals surface area contributed by atoms with E-state index in [1.165, 1.54) is 6.07 Å². The fourth-order valence-corrected chi connectivity index (χ4v) is 1.80. The Balaban J connectivity index is 2.58. The number of hydrogen-bond acceptors (Lipinski definition) is 2. The number of hydrogen-bond donors (Lipinski definition) is 0. The zero-order chi connectivity index (χ0) is 11.5. The number of fused-ring (bicyclic) bond motifs is 1. The molecule has 2 aromatic rings. The SMILES string of the molecule is C=CCCn1ccc2cccc([N+](=O)[O-])c21. The first kappa shape index (κ1) is 10.4. The van der Waals surface area contributed by atoms with E-state index in [1.807, 2.05) is 22.9 Å². The summed E-state index contributed by atoms with van der Waals surface area (Å²) in [5, 5.41) is 11.8. The van der Waals surface area contributed by atoms with Crippen molar-refractivity contribution in [1.82, 2.24) is 4.57 Å². The molecule has 1 heterocycles. The van der Waals surface area contributed by atoms with Crippen molar-refractivity contribution < 1.29 is 4.92 Å². The fraction of sp³-hybridized carbons (Fsp3) is 0.167. The maximum absolute atomic E-state index is 10.9. The van der Waals surface area contributed by atoms with Crippen LogP contribution >= 0.6 is 0 Å². The van der Waals surface area contributed by atoms with E-state index in [4.69, 9.17) is 0 Å². The summed E-state index contributed by atoms with van der Waals surface area (Å²) in [4.78, 5) is 10.6. The quantitative estimate of drug-likeness (QED) is 0.448. The molecular formula is C12H12N2O2. The summed E-state index contributed by atoms with van der Waals surface area (Å²) in [5.41, 5.74) is 0.848. The van der Waals surface area contributed by atoms with Crippen LogP contribution in [0.4, 0.5) is 5.69 Å². The van der Waals surface area contributed by atoms with E-state index in [0.717, 1.165) is 18.4 Å². The van der Waals surface area contributed by atoms with Crippen LogP contribution in [0.25, 0.3) is 10.9 Å². The normalized spacial score (nSPS) is 10.5. The highest BCUT2D eigenvalue weighted by molar-refractivity contribution is 5.88. The molecule has 2 rings (SSSR count). The third-order valence-corrected chi connectivity index (χ3v) is 2.54. The topological polar surface area (TPSA) is 48.1 Å². The minimum absolute atomic E-state index is 0.159. The number of allylic oxidation sites excluding steroid dienone is 1. The second-order valence-corrected chi connectivity index (χ2v) is 3.56. The lowest BCUT2D eigenvalue weighted by molar-refractivity contribution is -0.383. The van der Waals surface area contributed by atoms with Gasteiger partial charge in [-0.3, -0.25) is 10.1 Å². The molecule has 0 unspecified atom stereocenters. The number of nitro groups is 1. The molecule has 0 saturated carbocycles. The average Bonchev–Trinajstić information content (AvgIpc) is 2.69. The van der Waals surface area contributed by atoms with Crippen LogP contribution in [0, 0.1) is 10.1 Å². The lowest BCUT2D eigenvalue weighted by atomic mass is 10.2. The smallest absolute Gasteiger partial charge is 0.293 e. The first-order chi connectivity index (χ1) is 7.74. The summed E-state index contributed by atoms with van der Waals surface area (Å²) in [5.74, 6) is 0. The van der Waals surface area contributed by atoms with Crippen LogP contribution in [0.2, 0.25) is 0 Å². The molecule has 1 aromatic heterocycles. The minimum Gasteiger partial charge on any atom is -0.342 e. The molecule has 0 aliphatic rings. The van der Waals surface area contributed by atoms with Crippen molar-refractivity contribution in [3.8, 4) is 0 Å². The zero-order valence-corrected chi connectivity index (χ0v) is 8.80. The number of para-hydroxylation sites is 1. The zero-order valence-electron chi connectivity index (χ0n) is 8.80. The number of aromatic nitrogens is 1. The molecule has 0 spiro atoms. The molecule has 0 N–H and O–H groups in total. The fourth-order valence-electron chi connectivity index (χ4n) is 1.80. The highest BCUT2D eigenvalue weighted by Gasteiger charge is 2.14. The molecule has 0 aliphatic carbocycles. The molecule has 16 heavy (non-hydrogen) atoms. The number of nitrogens with zero attached hydrogens (tertiary/aromatic N) is 2. The van der Waals surface area contributed by atoms with Gasteiger partial charge in [-0.1, -0.05) is 18.2 Å². The molecule has 4 heteroatoms. The first-order valence-corrected chi connectivity index (χ1v) is 5.07. The van der Waals surface area contributed by atoms with Crippen LogP contribution in [0.15, 0.2) is 43.1 Å². The number of benzene rings is 1. The maximum Gasteiger partial charge on any atom is 0.293 e. The van der Waals surface area contributed by atoms with Crippen molar-refractivity contribution in [3.63, 3.8) is 0 Å². The second-order valence-electron chi connectivity index (χ2n) is 3.56. The van der Waals surface area contributed by atoms with E-state index >= 15 is 0 Å². The van der Waals surface area contributed by atoms with Gasteiger partial charge in [-0.15, -0.1) is 6.58 Å². The Morgan fingerprint density at radius 2 is 2.25 bits per heavy atom. The van der Waals surface area contributed by atoms with Gasteiger partial charge in [0.05, 0.1) is 4.92 Å². The predicted molar refractivity (Wildman–Crippen MR) is 63.4 cm³/mol. The van der Waals surface area contributed by atoms with E-state index in [0.29, 0.717) is 5.52 Å². The van der Waals surface area contributed by atoms with E-state index in [1.54, 1.807) is 12.1 Å².